The van der Waals surface area contributed by atoms with Crippen LogP contribution >= 0.6 is 0 Å². The van der Waals surface area contributed by atoms with Crippen molar-refractivity contribution in [2.45, 2.75) is 65.2 Å². The normalized spacial score (nSPS) is 14.1. The summed E-state index contributed by atoms with van der Waals surface area (Å²) in [6.07, 6.45) is 0.513. The SMILES string of the molecule is CC(NCCCN(C)C(=O)OC(C)(C)C)C(C)(C)O. The van der Waals surface area contributed by atoms with Crippen LogP contribution < -0.4 is 5.32 Å². The standard InChI is InChI=1S/C14H30N2O3/c1-11(14(5,6)18)15-9-8-10-16(7)12(17)19-13(2,3)4/h11,15,18H,8-10H2,1-7H3. The molecule has 114 valence electrons. The minimum atomic E-state index is -0.739. The van der Waals surface area contributed by atoms with Crippen LogP contribution in [0.4, 0.5) is 4.79 Å². The highest BCUT2D eigenvalue weighted by Gasteiger charge is 2.22. The van der Waals surface area contributed by atoms with Crippen molar-refractivity contribution in [3.8, 4) is 0 Å². The zero-order valence-corrected chi connectivity index (χ0v) is 13.4. The number of ether oxygens (including phenoxy) is 1. The quantitative estimate of drug-likeness (QED) is 0.727. The number of nitrogens with zero attached hydrogens (tertiary/aromatic N) is 1. The molecule has 2 N–H and O–H groups in total. The average Bonchev–Trinajstić information content (AvgIpc) is 2.19. The molecule has 0 radical (unpaired) electrons. The Morgan fingerprint density at radius 3 is 2.26 bits per heavy atom. The number of hydrogen-bond donors (Lipinski definition) is 2. The maximum Gasteiger partial charge on any atom is 0.410 e. The van der Waals surface area contributed by atoms with Gasteiger partial charge in [-0.3, -0.25) is 0 Å². The van der Waals surface area contributed by atoms with Crippen molar-refractivity contribution >= 4 is 6.09 Å². The van der Waals surface area contributed by atoms with E-state index in [1.165, 1.54) is 0 Å². The highest BCUT2D eigenvalue weighted by Crippen LogP contribution is 2.09. The summed E-state index contributed by atoms with van der Waals surface area (Å²) in [5, 5.41) is 13.0. The molecule has 0 aliphatic carbocycles. The van der Waals surface area contributed by atoms with Crippen molar-refractivity contribution in [3.63, 3.8) is 0 Å². The van der Waals surface area contributed by atoms with Gasteiger partial charge in [0.05, 0.1) is 5.60 Å². The smallest absolute Gasteiger partial charge is 0.410 e. The van der Waals surface area contributed by atoms with Crippen molar-refractivity contribution in [1.29, 1.82) is 0 Å². The molecule has 0 heterocycles. The number of amides is 1. The molecule has 19 heavy (non-hydrogen) atoms. The molecule has 0 saturated heterocycles. The molecule has 1 unspecified atom stereocenters. The summed E-state index contributed by atoms with van der Waals surface area (Å²) in [6, 6.07) is 0.0133. The van der Waals surface area contributed by atoms with Crippen LogP contribution in [0.5, 0.6) is 0 Å². The zero-order valence-electron chi connectivity index (χ0n) is 13.4. The van der Waals surface area contributed by atoms with Gasteiger partial charge in [0.2, 0.25) is 0 Å². The van der Waals surface area contributed by atoms with Crippen LogP contribution in [0.25, 0.3) is 0 Å². The predicted octanol–water partition coefficient (Wildman–Crippen LogP) is 1.99. The predicted molar refractivity (Wildman–Crippen MR) is 77.2 cm³/mol. The van der Waals surface area contributed by atoms with Gasteiger partial charge in [0.25, 0.3) is 0 Å². The second kappa shape index (κ2) is 7.10. The van der Waals surface area contributed by atoms with Crippen molar-refractivity contribution in [3.05, 3.63) is 0 Å². The third-order valence-electron chi connectivity index (χ3n) is 2.89. The number of carbonyl (C=O) groups excluding carboxylic acids is 1. The van der Waals surface area contributed by atoms with Gasteiger partial charge in [0.15, 0.2) is 0 Å². The number of rotatable bonds is 6. The molecule has 5 nitrogen and oxygen atoms in total. The summed E-state index contributed by atoms with van der Waals surface area (Å²) in [5.74, 6) is 0. The van der Waals surface area contributed by atoms with E-state index in [1.807, 2.05) is 27.7 Å². The van der Waals surface area contributed by atoms with Gasteiger partial charge in [-0.1, -0.05) is 0 Å². The molecule has 5 heteroatoms. The first-order chi connectivity index (χ1) is 8.43. The molecular formula is C14H30N2O3. The molecule has 1 atom stereocenters. The molecule has 0 aliphatic heterocycles. The van der Waals surface area contributed by atoms with E-state index in [9.17, 15) is 9.90 Å². The third kappa shape index (κ3) is 8.83. The van der Waals surface area contributed by atoms with Crippen LogP contribution in [0.15, 0.2) is 0 Å². The molecule has 0 rings (SSSR count). The Morgan fingerprint density at radius 1 is 1.32 bits per heavy atom. The molecule has 0 saturated carbocycles. The lowest BCUT2D eigenvalue weighted by Crippen LogP contribution is -2.45. The molecule has 0 spiro atoms. The van der Waals surface area contributed by atoms with Gasteiger partial charge in [-0.15, -0.1) is 0 Å². The lowest BCUT2D eigenvalue weighted by Gasteiger charge is -2.27. The Labute approximate surface area is 117 Å². The van der Waals surface area contributed by atoms with Gasteiger partial charge < -0.3 is 20.1 Å². The first-order valence-corrected chi connectivity index (χ1v) is 6.83. The fourth-order valence-electron chi connectivity index (χ4n) is 1.32. The van der Waals surface area contributed by atoms with E-state index >= 15 is 0 Å². The molecule has 0 fully saturated rings. The topological polar surface area (TPSA) is 61.8 Å². The largest absolute Gasteiger partial charge is 0.444 e. The first-order valence-electron chi connectivity index (χ1n) is 6.83. The second-order valence-electron chi connectivity index (χ2n) is 6.58. The van der Waals surface area contributed by atoms with E-state index in [0.29, 0.717) is 6.54 Å². The van der Waals surface area contributed by atoms with Crippen molar-refractivity contribution in [1.82, 2.24) is 10.2 Å². The Bertz CT molecular complexity index is 279. The van der Waals surface area contributed by atoms with Gasteiger partial charge >= 0.3 is 6.09 Å². The first kappa shape index (κ1) is 18.2. The summed E-state index contributed by atoms with van der Waals surface area (Å²) in [6.45, 7) is 12.4. The van der Waals surface area contributed by atoms with E-state index in [-0.39, 0.29) is 12.1 Å². The molecule has 0 aromatic rings. The molecule has 1 amide bonds. The summed E-state index contributed by atoms with van der Waals surface area (Å²) in [7, 11) is 1.73. The van der Waals surface area contributed by atoms with Gasteiger partial charge in [-0.05, 0) is 54.5 Å². The molecular weight excluding hydrogens is 244 g/mol. The monoisotopic (exact) mass is 274 g/mol. The molecule has 0 aliphatic rings. The Hall–Kier alpha value is -0.810. The summed E-state index contributed by atoms with van der Waals surface area (Å²) in [5.41, 5.74) is -1.20. The number of nitrogens with one attached hydrogen (secondary N) is 1. The zero-order chi connectivity index (χ0) is 15.3. The number of hydrogen-bond acceptors (Lipinski definition) is 4. The lowest BCUT2D eigenvalue weighted by molar-refractivity contribution is 0.0287. The van der Waals surface area contributed by atoms with Gasteiger partial charge in [0, 0.05) is 19.6 Å². The van der Waals surface area contributed by atoms with E-state index < -0.39 is 11.2 Å². The highest BCUT2D eigenvalue weighted by molar-refractivity contribution is 5.67. The minimum absolute atomic E-state index is 0.0133. The summed E-state index contributed by atoms with van der Waals surface area (Å²) >= 11 is 0. The van der Waals surface area contributed by atoms with Gasteiger partial charge in [0.1, 0.15) is 5.60 Å². The Kier molecular flexibility index (Phi) is 6.80. The van der Waals surface area contributed by atoms with E-state index in [0.717, 1.165) is 13.0 Å². The van der Waals surface area contributed by atoms with Crippen molar-refractivity contribution in [2.24, 2.45) is 0 Å². The van der Waals surface area contributed by atoms with E-state index in [2.05, 4.69) is 5.32 Å². The Morgan fingerprint density at radius 2 is 1.84 bits per heavy atom. The van der Waals surface area contributed by atoms with Gasteiger partial charge in [-0.2, -0.15) is 0 Å². The second-order valence-corrected chi connectivity index (χ2v) is 6.58. The maximum absolute atomic E-state index is 11.7. The molecule has 0 aromatic carbocycles. The molecule has 0 aromatic heterocycles. The third-order valence-corrected chi connectivity index (χ3v) is 2.89. The van der Waals surface area contributed by atoms with Crippen LogP contribution in [0.3, 0.4) is 0 Å². The van der Waals surface area contributed by atoms with Crippen LogP contribution in [0.2, 0.25) is 0 Å². The van der Waals surface area contributed by atoms with E-state index in [4.69, 9.17) is 4.74 Å². The van der Waals surface area contributed by atoms with Crippen LogP contribution in [-0.2, 0) is 4.74 Å². The fourth-order valence-corrected chi connectivity index (χ4v) is 1.32. The van der Waals surface area contributed by atoms with Crippen LogP contribution in [0.1, 0.15) is 48.0 Å². The maximum atomic E-state index is 11.7. The van der Waals surface area contributed by atoms with Gasteiger partial charge in [-0.25, -0.2) is 4.79 Å². The number of carbonyl (C=O) groups is 1. The van der Waals surface area contributed by atoms with Crippen molar-refractivity contribution in [2.75, 3.05) is 20.1 Å². The van der Waals surface area contributed by atoms with Crippen LogP contribution in [0, 0.1) is 0 Å². The minimum Gasteiger partial charge on any atom is -0.444 e. The summed E-state index contributed by atoms with van der Waals surface area (Å²) < 4.78 is 5.26. The summed E-state index contributed by atoms with van der Waals surface area (Å²) in [4.78, 5) is 13.3. The van der Waals surface area contributed by atoms with E-state index in [1.54, 1.807) is 25.8 Å². The lowest BCUT2D eigenvalue weighted by atomic mass is 10.0. The highest BCUT2D eigenvalue weighted by atomic mass is 16.6. The van der Waals surface area contributed by atoms with Crippen LogP contribution in [-0.4, -0.2) is 53.5 Å². The Balaban J connectivity index is 3.87. The average molecular weight is 274 g/mol. The molecule has 0 bridgehead atoms. The number of aliphatic hydroxyl groups is 1. The van der Waals surface area contributed by atoms with Crippen molar-refractivity contribution < 1.29 is 14.6 Å². The fraction of sp³-hybridized carbons (Fsp3) is 0.929.